The lowest BCUT2D eigenvalue weighted by Crippen LogP contribution is -2.37. The summed E-state index contributed by atoms with van der Waals surface area (Å²) in [7, 11) is 0. The summed E-state index contributed by atoms with van der Waals surface area (Å²) < 4.78 is 5.20. The van der Waals surface area contributed by atoms with E-state index in [-0.39, 0.29) is 24.2 Å². The van der Waals surface area contributed by atoms with Gasteiger partial charge >= 0.3 is 0 Å². The SMILES string of the molecule is CCNCCNC(=O)C1CCOCC1.Cl. The Bertz CT molecular complexity index is 173. The van der Waals surface area contributed by atoms with Gasteiger partial charge in [0.25, 0.3) is 0 Å². The summed E-state index contributed by atoms with van der Waals surface area (Å²) in [4.78, 5) is 11.6. The van der Waals surface area contributed by atoms with Crippen LogP contribution in [0.25, 0.3) is 0 Å². The molecular weight excluding hydrogens is 216 g/mol. The summed E-state index contributed by atoms with van der Waals surface area (Å²) in [6.45, 7) is 6.04. The average Bonchev–Trinajstić information content (AvgIpc) is 2.25. The Morgan fingerprint density at radius 3 is 2.60 bits per heavy atom. The van der Waals surface area contributed by atoms with Crippen molar-refractivity contribution >= 4 is 18.3 Å². The third-order valence-electron chi connectivity index (χ3n) is 2.44. The van der Waals surface area contributed by atoms with Gasteiger partial charge in [0.1, 0.15) is 0 Å². The van der Waals surface area contributed by atoms with Crippen LogP contribution in [-0.2, 0) is 9.53 Å². The minimum atomic E-state index is 0. The fourth-order valence-electron chi connectivity index (χ4n) is 1.55. The molecule has 0 unspecified atom stereocenters. The van der Waals surface area contributed by atoms with Gasteiger partial charge in [-0.1, -0.05) is 6.92 Å². The van der Waals surface area contributed by atoms with E-state index in [1.165, 1.54) is 0 Å². The highest BCUT2D eigenvalue weighted by Gasteiger charge is 2.20. The summed E-state index contributed by atoms with van der Waals surface area (Å²) in [5.74, 6) is 0.358. The highest BCUT2D eigenvalue weighted by atomic mass is 35.5. The molecule has 4 nitrogen and oxygen atoms in total. The Morgan fingerprint density at radius 1 is 1.33 bits per heavy atom. The Kier molecular flexibility index (Phi) is 8.76. The van der Waals surface area contributed by atoms with Crippen LogP contribution in [0.4, 0.5) is 0 Å². The van der Waals surface area contributed by atoms with Crippen LogP contribution in [-0.4, -0.2) is 38.8 Å². The normalized spacial score (nSPS) is 16.9. The van der Waals surface area contributed by atoms with Crippen molar-refractivity contribution in [3.63, 3.8) is 0 Å². The molecule has 0 bridgehead atoms. The first-order chi connectivity index (χ1) is 6.84. The molecule has 1 saturated heterocycles. The van der Waals surface area contributed by atoms with Gasteiger partial charge in [0, 0.05) is 32.2 Å². The molecule has 0 aromatic heterocycles. The Hall–Kier alpha value is -0.320. The van der Waals surface area contributed by atoms with E-state index in [1.54, 1.807) is 0 Å². The van der Waals surface area contributed by atoms with Crippen molar-refractivity contribution in [3.05, 3.63) is 0 Å². The first-order valence-electron chi connectivity index (χ1n) is 5.40. The lowest BCUT2D eigenvalue weighted by atomic mass is 9.99. The maximum absolute atomic E-state index is 11.6. The summed E-state index contributed by atoms with van der Waals surface area (Å²) in [6.07, 6.45) is 1.74. The number of amides is 1. The monoisotopic (exact) mass is 236 g/mol. The Morgan fingerprint density at radius 2 is 2.00 bits per heavy atom. The highest BCUT2D eigenvalue weighted by molar-refractivity contribution is 5.85. The highest BCUT2D eigenvalue weighted by Crippen LogP contribution is 2.13. The molecule has 1 rings (SSSR count). The van der Waals surface area contributed by atoms with E-state index in [9.17, 15) is 4.79 Å². The van der Waals surface area contributed by atoms with E-state index in [0.717, 1.165) is 45.7 Å². The fraction of sp³-hybridized carbons (Fsp3) is 0.900. The van der Waals surface area contributed by atoms with Gasteiger partial charge in [0.05, 0.1) is 0 Å². The zero-order chi connectivity index (χ0) is 10.2. The second-order valence-electron chi connectivity index (χ2n) is 3.53. The van der Waals surface area contributed by atoms with Crippen LogP contribution >= 0.6 is 12.4 Å². The van der Waals surface area contributed by atoms with E-state index >= 15 is 0 Å². The number of nitrogens with one attached hydrogen (secondary N) is 2. The maximum Gasteiger partial charge on any atom is 0.223 e. The van der Waals surface area contributed by atoms with Gasteiger partial charge in [-0.2, -0.15) is 0 Å². The second kappa shape index (κ2) is 8.95. The van der Waals surface area contributed by atoms with Crippen molar-refractivity contribution in [1.82, 2.24) is 10.6 Å². The Labute approximate surface area is 97.5 Å². The summed E-state index contributed by atoms with van der Waals surface area (Å²) in [5.41, 5.74) is 0. The van der Waals surface area contributed by atoms with Gasteiger partial charge in [-0.05, 0) is 19.4 Å². The molecule has 15 heavy (non-hydrogen) atoms. The maximum atomic E-state index is 11.6. The Balaban J connectivity index is 0.00000196. The van der Waals surface area contributed by atoms with Crippen molar-refractivity contribution in [2.45, 2.75) is 19.8 Å². The number of hydrogen-bond acceptors (Lipinski definition) is 3. The molecular formula is C10H21ClN2O2. The van der Waals surface area contributed by atoms with Crippen molar-refractivity contribution in [3.8, 4) is 0 Å². The number of rotatable bonds is 5. The van der Waals surface area contributed by atoms with Gasteiger partial charge in [-0.25, -0.2) is 0 Å². The van der Waals surface area contributed by atoms with Gasteiger partial charge in [-0.3, -0.25) is 4.79 Å². The molecule has 1 aliphatic rings. The zero-order valence-corrected chi connectivity index (χ0v) is 10.1. The smallest absolute Gasteiger partial charge is 0.223 e. The van der Waals surface area contributed by atoms with E-state index in [0.29, 0.717) is 0 Å². The molecule has 0 spiro atoms. The van der Waals surface area contributed by atoms with Crippen LogP contribution in [0.1, 0.15) is 19.8 Å². The van der Waals surface area contributed by atoms with Crippen molar-refractivity contribution in [1.29, 1.82) is 0 Å². The molecule has 0 atom stereocenters. The predicted molar refractivity (Wildman–Crippen MR) is 62.3 cm³/mol. The topological polar surface area (TPSA) is 50.4 Å². The molecule has 1 amide bonds. The molecule has 1 fully saturated rings. The number of hydrogen-bond donors (Lipinski definition) is 2. The molecule has 0 aromatic carbocycles. The molecule has 2 N–H and O–H groups in total. The minimum Gasteiger partial charge on any atom is -0.381 e. The molecule has 0 radical (unpaired) electrons. The number of carbonyl (C=O) groups excluding carboxylic acids is 1. The van der Waals surface area contributed by atoms with Gasteiger partial charge in [-0.15, -0.1) is 12.4 Å². The quantitative estimate of drug-likeness (QED) is 0.686. The number of carbonyl (C=O) groups is 1. The summed E-state index contributed by atoms with van der Waals surface area (Å²) in [6, 6.07) is 0. The molecule has 90 valence electrons. The molecule has 1 heterocycles. The third kappa shape index (κ3) is 5.97. The number of likely N-dealkylation sites (N-methyl/N-ethyl adjacent to an activating group) is 1. The standard InChI is InChI=1S/C10H20N2O2.ClH/c1-2-11-5-6-12-10(13)9-3-7-14-8-4-9;/h9,11H,2-8H2,1H3,(H,12,13);1H. The lowest BCUT2D eigenvalue weighted by molar-refractivity contribution is -0.127. The van der Waals surface area contributed by atoms with Gasteiger partial charge in [0.2, 0.25) is 5.91 Å². The predicted octanol–water partition coefficient (Wildman–Crippen LogP) is 0.560. The summed E-state index contributed by atoms with van der Waals surface area (Å²) >= 11 is 0. The molecule has 0 aromatic rings. The van der Waals surface area contributed by atoms with Crippen molar-refractivity contribution < 1.29 is 9.53 Å². The molecule has 5 heteroatoms. The van der Waals surface area contributed by atoms with Gasteiger partial charge < -0.3 is 15.4 Å². The van der Waals surface area contributed by atoms with Crippen molar-refractivity contribution in [2.75, 3.05) is 32.8 Å². The van der Waals surface area contributed by atoms with Crippen LogP contribution in [0.5, 0.6) is 0 Å². The van der Waals surface area contributed by atoms with Crippen molar-refractivity contribution in [2.24, 2.45) is 5.92 Å². The molecule has 1 aliphatic heterocycles. The van der Waals surface area contributed by atoms with Crippen LogP contribution in [0, 0.1) is 5.92 Å². The van der Waals surface area contributed by atoms with E-state index < -0.39 is 0 Å². The largest absolute Gasteiger partial charge is 0.381 e. The lowest BCUT2D eigenvalue weighted by Gasteiger charge is -2.21. The minimum absolute atomic E-state index is 0. The van der Waals surface area contributed by atoms with E-state index in [4.69, 9.17) is 4.74 Å². The number of ether oxygens (including phenoxy) is 1. The number of halogens is 1. The average molecular weight is 237 g/mol. The first-order valence-corrected chi connectivity index (χ1v) is 5.40. The van der Waals surface area contributed by atoms with E-state index in [2.05, 4.69) is 17.6 Å². The van der Waals surface area contributed by atoms with Crippen LogP contribution in [0.15, 0.2) is 0 Å². The van der Waals surface area contributed by atoms with E-state index in [1.807, 2.05) is 0 Å². The molecule has 0 aliphatic carbocycles. The molecule has 0 saturated carbocycles. The zero-order valence-electron chi connectivity index (χ0n) is 9.25. The van der Waals surface area contributed by atoms with Gasteiger partial charge in [0.15, 0.2) is 0 Å². The van der Waals surface area contributed by atoms with Crippen LogP contribution in [0.2, 0.25) is 0 Å². The third-order valence-corrected chi connectivity index (χ3v) is 2.44. The fourth-order valence-corrected chi connectivity index (χ4v) is 1.55. The van der Waals surface area contributed by atoms with Crippen LogP contribution in [0.3, 0.4) is 0 Å². The second-order valence-corrected chi connectivity index (χ2v) is 3.53. The summed E-state index contributed by atoms with van der Waals surface area (Å²) in [5, 5.41) is 6.10. The van der Waals surface area contributed by atoms with Crippen LogP contribution < -0.4 is 10.6 Å². The first kappa shape index (κ1) is 14.7.